The highest BCUT2D eigenvalue weighted by Crippen LogP contribution is 2.39. The molecule has 1 unspecified atom stereocenters. The molecule has 1 aliphatic heterocycles. The number of carbonyl (C=O) groups excluding carboxylic acids is 1. The second-order valence-corrected chi connectivity index (χ2v) is 7.72. The summed E-state index contributed by atoms with van der Waals surface area (Å²) in [5.74, 6) is 1.70. The van der Waals surface area contributed by atoms with Crippen molar-refractivity contribution in [3.05, 3.63) is 29.6 Å². The molecule has 3 heterocycles. The van der Waals surface area contributed by atoms with Crippen molar-refractivity contribution in [2.45, 2.75) is 51.1 Å². The molecule has 2 fully saturated rings. The molecule has 2 aliphatic carbocycles. The summed E-state index contributed by atoms with van der Waals surface area (Å²) in [5.41, 5.74) is 9.58. The molecule has 1 amide bonds. The molecule has 0 spiro atoms. The molecular weight excluding hydrogens is 314 g/mol. The molecule has 1 atom stereocenters. The van der Waals surface area contributed by atoms with Gasteiger partial charge >= 0.3 is 0 Å². The fourth-order valence-electron chi connectivity index (χ4n) is 4.16. The molecule has 6 heteroatoms. The molecule has 25 heavy (non-hydrogen) atoms. The number of amides is 1. The SMILES string of the molecule is Nc1nccc(-c2cc3c(n2CC2CCC2)CC(C2CC2)NC3=O)n1. The van der Waals surface area contributed by atoms with Crippen molar-refractivity contribution in [3.63, 3.8) is 0 Å². The van der Waals surface area contributed by atoms with Crippen molar-refractivity contribution >= 4 is 11.9 Å². The lowest BCUT2D eigenvalue weighted by Gasteiger charge is -2.30. The third-order valence-corrected chi connectivity index (χ3v) is 5.98. The van der Waals surface area contributed by atoms with Crippen LogP contribution < -0.4 is 11.1 Å². The van der Waals surface area contributed by atoms with E-state index in [0.29, 0.717) is 17.9 Å². The number of hydrogen-bond acceptors (Lipinski definition) is 4. The average Bonchev–Trinajstić information content (AvgIpc) is 3.33. The second-order valence-electron chi connectivity index (χ2n) is 7.72. The minimum absolute atomic E-state index is 0.0637. The molecule has 0 radical (unpaired) electrons. The van der Waals surface area contributed by atoms with Crippen LogP contribution in [0.15, 0.2) is 18.3 Å². The highest BCUT2D eigenvalue weighted by atomic mass is 16.1. The Morgan fingerprint density at radius 1 is 1.28 bits per heavy atom. The van der Waals surface area contributed by atoms with E-state index in [-0.39, 0.29) is 11.9 Å². The first-order valence-electron chi connectivity index (χ1n) is 9.31. The predicted molar refractivity (Wildman–Crippen MR) is 94.9 cm³/mol. The van der Waals surface area contributed by atoms with E-state index >= 15 is 0 Å². The van der Waals surface area contributed by atoms with Crippen molar-refractivity contribution in [2.75, 3.05) is 5.73 Å². The van der Waals surface area contributed by atoms with E-state index in [1.807, 2.05) is 12.1 Å². The van der Waals surface area contributed by atoms with Crippen LogP contribution in [0.5, 0.6) is 0 Å². The quantitative estimate of drug-likeness (QED) is 0.897. The number of aromatic nitrogens is 3. The molecule has 3 N–H and O–H groups in total. The van der Waals surface area contributed by atoms with Crippen molar-refractivity contribution in [1.82, 2.24) is 19.9 Å². The van der Waals surface area contributed by atoms with Gasteiger partial charge in [-0.1, -0.05) is 6.42 Å². The number of nitrogens with zero attached hydrogens (tertiary/aromatic N) is 3. The van der Waals surface area contributed by atoms with E-state index in [1.165, 1.54) is 37.8 Å². The summed E-state index contributed by atoms with van der Waals surface area (Å²) in [7, 11) is 0. The Kier molecular flexibility index (Phi) is 3.33. The van der Waals surface area contributed by atoms with Crippen LogP contribution in [0.2, 0.25) is 0 Å². The molecule has 0 saturated heterocycles. The first-order chi connectivity index (χ1) is 12.2. The third-order valence-electron chi connectivity index (χ3n) is 5.98. The van der Waals surface area contributed by atoms with Gasteiger partial charge in [0.05, 0.1) is 17.0 Å². The van der Waals surface area contributed by atoms with Crippen LogP contribution in [0, 0.1) is 11.8 Å². The van der Waals surface area contributed by atoms with Gasteiger partial charge in [0, 0.05) is 30.9 Å². The fraction of sp³-hybridized carbons (Fsp3) is 0.526. The molecule has 0 bridgehead atoms. The molecule has 6 nitrogen and oxygen atoms in total. The second kappa shape index (κ2) is 5.58. The van der Waals surface area contributed by atoms with Crippen molar-refractivity contribution < 1.29 is 4.79 Å². The van der Waals surface area contributed by atoms with Gasteiger partial charge in [-0.2, -0.15) is 0 Å². The highest BCUT2D eigenvalue weighted by molar-refractivity contribution is 5.98. The van der Waals surface area contributed by atoms with Crippen LogP contribution >= 0.6 is 0 Å². The number of rotatable bonds is 4. The van der Waals surface area contributed by atoms with Crippen LogP contribution in [0.1, 0.15) is 48.2 Å². The number of hydrogen-bond donors (Lipinski definition) is 2. The molecule has 2 aromatic heterocycles. The highest BCUT2D eigenvalue weighted by Gasteiger charge is 2.38. The lowest BCUT2D eigenvalue weighted by molar-refractivity contribution is 0.0917. The minimum atomic E-state index is 0.0637. The maximum Gasteiger partial charge on any atom is 0.253 e. The lowest BCUT2D eigenvalue weighted by Crippen LogP contribution is -2.43. The molecule has 0 aromatic carbocycles. The Balaban J connectivity index is 1.60. The Hall–Kier alpha value is -2.37. The first-order valence-corrected chi connectivity index (χ1v) is 9.31. The average molecular weight is 337 g/mol. The smallest absolute Gasteiger partial charge is 0.253 e. The summed E-state index contributed by atoms with van der Waals surface area (Å²) < 4.78 is 2.34. The minimum Gasteiger partial charge on any atom is -0.368 e. The Labute approximate surface area is 146 Å². The zero-order chi connectivity index (χ0) is 17.0. The summed E-state index contributed by atoms with van der Waals surface area (Å²) in [6.07, 6.45) is 8.95. The number of carbonyl (C=O) groups is 1. The van der Waals surface area contributed by atoms with Gasteiger partial charge in [0.2, 0.25) is 5.95 Å². The van der Waals surface area contributed by atoms with Gasteiger partial charge in [-0.25, -0.2) is 9.97 Å². The Morgan fingerprint density at radius 3 is 2.80 bits per heavy atom. The van der Waals surface area contributed by atoms with Crippen LogP contribution in [-0.4, -0.2) is 26.5 Å². The fourth-order valence-corrected chi connectivity index (χ4v) is 4.16. The predicted octanol–water partition coefficient (Wildman–Crippen LogP) is 2.39. The van der Waals surface area contributed by atoms with Gasteiger partial charge in [0.1, 0.15) is 0 Å². The van der Waals surface area contributed by atoms with Gasteiger partial charge in [-0.3, -0.25) is 4.79 Å². The number of fused-ring (bicyclic) bond motifs is 1. The van der Waals surface area contributed by atoms with Crippen molar-refractivity contribution in [2.24, 2.45) is 11.8 Å². The van der Waals surface area contributed by atoms with E-state index in [1.54, 1.807) is 6.20 Å². The third kappa shape index (κ3) is 2.60. The zero-order valence-electron chi connectivity index (χ0n) is 14.2. The van der Waals surface area contributed by atoms with Gasteiger partial charge in [0.25, 0.3) is 5.91 Å². The van der Waals surface area contributed by atoms with Crippen LogP contribution in [-0.2, 0) is 13.0 Å². The van der Waals surface area contributed by atoms with E-state index < -0.39 is 0 Å². The number of nitrogens with two attached hydrogens (primary N) is 1. The lowest BCUT2D eigenvalue weighted by atomic mass is 9.85. The van der Waals surface area contributed by atoms with E-state index in [0.717, 1.165) is 29.9 Å². The van der Waals surface area contributed by atoms with Crippen LogP contribution in [0.3, 0.4) is 0 Å². The van der Waals surface area contributed by atoms with E-state index in [4.69, 9.17) is 5.73 Å². The number of nitrogens with one attached hydrogen (secondary N) is 1. The largest absolute Gasteiger partial charge is 0.368 e. The molecular formula is C19H23N5O. The maximum absolute atomic E-state index is 12.7. The van der Waals surface area contributed by atoms with Crippen molar-refractivity contribution in [3.8, 4) is 11.4 Å². The van der Waals surface area contributed by atoms with Crippen LogP contribution in [0.25, 0.3) is 11.4 Å². The van der Waals surface area contributed by atoms with E-state index in [2.05, 4.69) is 19.9 Å². The molecule has 130 valence electrons. The van der Waals surface area contributed by atoms with Gasteiger partial charge in [-0.05, 0) is 49.7 Å². The monoisotopic (exact) mass is 337 g/mol. The van der Waals surface area contributed by atoms with Gasteiger partial charge < -0.3 is 15.6 Å². The summed E-state index contributed by atoms with van der Waals surface area (Å²) in [6, 6.07) is 4.16. The summed E-state index contributed by atoms with van der Waals surface area (Å²) in [4.78, 5) is 21.1. The summed E-state index contributed by atoms with van der Waals surface area (Å²) in [6.45, 7) is 0.971. The summed E-state index contributed by atoms with van der Waals surface area (Å²) >= 11 is 0. The van der Waals surface area contributed by atoms with Crippen LogP contribution in [0.4, 0.5) is 5.95 Å². The standard InChI is InChI=1S/C19H23N5O/c20-19-21-7-6-14(23-19)17-8-13-16(24(17)10-11-2-1-3-11)9-15(12-4-5-12)22-18(13)25/h6-8,11-12,15H,1-5,9-10H2,(H,22,25)(H2,20,21,23). The number of nitrogen functional groups attached to an aromatic ring is 1. The van der Waals surface area contributed by atoms with Gasteiger partial charge in [0.15, 0.2) is 0 Å². The molecule has 3 aliphatic rings. The Morgan fingerprint density at radius 2 is 2.12 bits per heavy atom. The maximum atomic E-state index is 12.7. The molecule has 5 rings (SSSR count). The molecule has 2 aromatic rings. The Bertz CT molecular complexity index is 834. The summed E-state index contributed by atoms with van der Waals surface area (Å²) in [5, 5.41) is 3.21. The van der Waals surface area contributed by atoms with E-state index in [9.17, 15) is 4.79 Å². The molecule has 2 saturated carbocycles. The number of anilines is 1. The topological polar surface area (TPSA) is 85.8 Å². The normalized spacial score (nSPS) is 23.0. The zero-order valence-corrected chi connectivity index (χ0v) is 14.2. The first kappa shape index (κ1) is 14.9. The van der Waals surface area contributed by atoms with Gasteiger partial charge in [-0.15, -0.1) is 0 Å². The van der Waals surface area contributed by atoms with Crippen molar-refractivity contribution in [1.29, 1.82) is 0 Å².